The molecule has 2 saturated heterocycles. The summed E-state index contributed by atoms with van der Waals surface area (Å²) in [7, 11) is 0. The van der Waals surface area contributed by atoms with Gasteiger partial charge in [-0.25, -0.2) is 4.39 Å². The highest BCUT2D eigenvalue weighted by molar-refractivity contribution is 5.74. The van der Waals surface area contributed by atoms with Gasteiger partial charge < -0.3 is 10.2 Å². The van der Waals surface area contributed by atoms with Crippen LogP contribution in [-0.4, -0.2) is 37.0 Å². The molecule has 0 bridgehead atoms. The zero-order valence-electron chi connectivity index (χ0n) is 17.2. The SMILES string of the molecule is CC(=O)NC1(c2ccccc2F)CCN(Cc2ccccc2N2CCCC2)CC1. The van der Waals surface area contributed by atoms with Crippen LogP contribution in [0.1, 0.15) is 43.7 Å². The number of halogens is 1. The third-order valence-electron chi connectivity index (χ3n) is 6.35. The largest absolute Gasteiger partial charge is 0.371 e. The summed E-state index contributed by atoms with van der Waals surface area (Å²) >= 11 is 0. The molecule has 2 aliphatic heterocycles. The van der Waals surface area contributed by atoms with Gasteiger partial charge in [-0.2, -0.15) is 0 Å². The molecule has 2 aromatic carbocycles. The standard InChI is InChI=1S/C24H30FN3O/c1-19(29)26-24(21-9-3-4-10-22(21)25)12-16-27(17-13-24)18-20-8-2-5-11-23(20)28-14-6-7-15-28/h2-5,8-11H,6-7,12-18H2,1H3,(H,26,29). The van der Waals surface area contributed by atoms with Crippen molar-refractivity contribution in [1.82, 2.24) is 10.2 Å². The van der Waals surface area contributed by atoms with Crippen molar-refractivity contribution in [2.24, 2.45) is 0 Å². The molecule has 0 spiro atoms. The second kappa shape index (κ2) is 8.54. The lowest BCUT2D eigenvalue weighted by Gasteiger charge is -2.43. The summed E-state index contributed by atoms with van der Waals surface area (Å²) in [4.78, 5) is 16.8. The Kier molecular flexibility index (Phi) is 5.86. The van der Waals surface area contributed by atoms with Crippen LogP contribution in [0.15, 0.2) is 48.5 Å². The molecule has 29 heavy (non-hydrogen) atoms. The highest BCUT2D eigenvalue weighted by atomic mass is 19.1. The number of hydrogen-bond acceptors (Lipinski definition) is 3. The third-order valence-corrected chi connectivity index (χ3v) is 6.35. The van der Waals surface area contributed by atoms with Gasteiger partial charge in [-0.15, -0.1) is 0 Å². The second-order valence-electron chi connectivity index (χ2n) is 8.34. The number of amides is 1. The van der Waals surface area contributed by atoms with Gasteiger partial charge in [0.2, 0.25) is 5.91 Å². The zero-order chi connectivity index (χ0) is 20.3. The number of nitrogens with one attached hydrogen (secondary N) is 1. The number of likely N-dealkylation sites (tertiary alicyclic amines) is 1. The van der Waals surface area contributed by atoms with Crippen LogP contribution in [0.25, 0.3) is 0 Å². The summed E-state index contributed by atoms with van der Waals surface area (Å²) < 4.78 is 14.6. The van der Waals surface area contributed by atoms with Crippen LogP contribution in [-0.2, 0) is 16.9 Å². The fraction of sp³-hybridized carbons (Fsp3) is 0.458. The first-order chi connectivity index (χ1) is 14.1. The lowest BCUT2D eigenvalue weighted by atomic mass is 9.80. The summed E-state index contributed by atoms with van der Waals surface area (Å²) in [5, 5.41) is 3.08. The van der Waals surface area contributed by atoms with Gasteiger partial charge in [-0.3, -0.25) is 9.69 Å². The number of rotatable bonds is 5. The molecular weight excluding hydrogens is 365 g/mol. The summed E-state index contributed by atoms with van der Waals surface area (Å²) in [5.41, 5.74) is 2.68. The molecular formula is C24H30FN3O. The van der Waals surface area contributed by atoms with E-state index in [2.05, 4.69) is 39.4 Å². The highest BCUT2D eigenvalue weighted by Gasteiger charge is 2.38. The number of para-hydroxylation sites is 1. The van der Waals surface area contributed by atoms with E-state index in [4.69, 9.17) is 0 Å². The lowest BCUT2D eigenvalue weighted by molar-refractivity contribution is -0.121. The van der Waals surface area contributed by atoms with Crippen molar-refractivity contribution in [3.63, 3.8) is 0 Å². The van der Waals surface area contributed by atoms with E-state index >= 15 is 0 Å². The van der Waals surface area contributed by atoms with E-state index in [1.165, 1.54) is 37.1 Å². The smallest absolute Gasteiger partial charge is 0.217 e. The van der Waals surface area contributed by atoms with Crippen molar-refractivity contribution in [2.45, 2.75) is 44.7 Å². The van der Waals surface area contributed by atoms with Crippen molar-refractivity contribution in [2.75, 3.05) is 31.1 Å². The summed E-state index contributed by atoms with van der Waals surface area (Å²) in [6.07, 6.45) is 3.94. The molecule has 2 heterocycles. The van der Waals surface area contributed by atoms with Crippen LogP contribution >= 0.6 is 0 Å². The Labute approximate surface area is 172 Å². The Morgan fingerprint density at radius 2 is 1.66 bits per heavy atom. The van der Waals surface area contributed by atoms with Crippen molar-refractivity contribution in [1.29, 1.82) is 0 Å². The average molecular weight is 396 g/mol. The predicted molar refractivity (Wildman–Crippen MR) is 114 cm³/mol. The van der Waals surface area contributed by atoms with Gasteiger partial charge in [0.15, 0.2) is 0 Å². The zero-order valence-corrected chi connectivity index (χ0v) is 17.2. The van der Waals surface area contributed by atoms with E-state index in [-0.39, 0.29) is 11.7 Å². The number of benzene rings is 2. The summed E-state index contributed by atoms with van der Waals surface area (Å²) in [5.74, 6) is -0.352. The maximum Gasteiger partial charge on any atom is 0.217 e. The van der Waals surface area contributed by atoms with E-state index in [0.717, 1.165) is 32.7 Å². The van der Waals surface area contributed by atoms with Gasteiger partial charge in [-0.1, -0.05) is 36.4 Å². The first-order valence-electron chi connectivity index (χ1n) is 10.7. The number of carbonyl (C=O) groups is 1. The van der Waals surface area contributed by atoms with Crippen LogP contribution in [0.3, 0.4) is 0 Å². The first-order valence-corrected chi connectivity index (χ1v) is 10.7. The molecule has 154 valence electrons. The van der Waals surface area contributed by atoms with Gasteiger partial charge >= 0.3 is 0 Å². The molecule has 0 aromatic heterocycles. The van der Waals surface area contributed by atoms with Gasteiger partial charge in [0, 0.05) is 50.9 Å². The maximum absolute atomic E-state index is 14.6. The molecule has 2 aliphatic rings. The number of nitrogens with zero attached hydrogens (tertiary/aromatic N) is 2. The first kappa shape index (κ1) is 19.9. The van der Waals surface area contributed by atoms with Crippen LogP contribution in [0.2, 0.25) is 0 Å². The lowest BCUT2D eigenvalue weighted by Crippen LogP contribution is -2.52. The topological polar surface area (TPSA) is 35.6 Å². The quantitative estimate of drug-likeness (QED) is 0.830. The number of piperidine rings is 1. The van der Waals surface area contributed by atoms with Gasteiger partial charge in [0.1, 0.15) is 5.82 Å². The minimum atomic E-state index is -0.623. The Hall–Kier alpha value is -2.40. The molecule has 0 aliphatic carbocycles. The van der Waals surface area contributed by atoms with E-state index in [9.17, 15) is 9.18 Å². The van der Waals surface area contributed by atoms with E-state index in [1.54, 1.807) is 6.07 Å². The molecule has 4 nitrogen and oxygen atoms in total. The monoisotopic (exact) mass is 395 g/mol. The normalized spacial score (nSPS) is 19.3. The fourth-order valence-electron chi connectivity index (χ4n) is 4.89. The number of carbonyl (C=O) groups excluding carboxylic acids is 1. The minimum Gasteiger partial charge on any atom is -0.371 e. The molecule has 0 atom stereocenters. The highest BCUT2D eigenvalue weighted by Crippen LogP contribution is 2.36. The second-order valence-corrected chi connectivity index (χ2v) is 8.34. The summed E-state index contributed by atoms with van der Waals surface area (Å²) in [6, 6.07) is 15.5. The Bertz CT molecular complexity index is 855. The van der Waals surface area contributed by atoms with Gasteiger partial charge in [-0.05, 0) is 43.4 Å². The Morgan fingerprint density at radius 1 is 1.00 bits per heavy atom. The van der Waals surface area contributed by atoms with Gasteiger partial charge in [0.05, 0.1) is 5.54 Å². The molecule has 1 amide bonds. The van der Waals surface area contributed by atoms with Crippen LogP contribution < -0.4 is 10.2 Å². The number of hydrogen-bond donors (Lipinski definition) is 1. The van der Waals surface area contributed by atoms with Crippen LogP contribution in [0, 0.1) is 5.82 Å². The molecule has 2 fully saturated rings. The van der Waals surface area contributed by atoms with Crippen molar-refractivity contribution in [3.05, 3.63) is 65.5 Å². The molecule has 4 rings (SSSR count). The molecule has 2 aromatic rings. The Balaban J connectivity index is 1.50. The third kappa shape index (κ3) is 4.30. The van der Waals surface area contributed by atoms with Gasteiger partial charge in [0.25, 0.3) is 0 Å². The average Bonchev–Trinajstić information content (AvgIpc) is 3.25. The minimum absolute atomic E-state index is 0.110. The fourth-order valence-corrected chi connectivity index (χ4v) is 4.89. The van der Waals surface area contributed by atoms with Crippen molar-refractivity contribution >= 4 is 11.6 Å². The van der Waals surface area contributed by atoms with E-state index in [0.29, 0.717) is 18.4 Å². The predicted octanol–water partition coefficient (Wildman–Crippen LogP) is 4.05. The van der Waals surface area contributed by atoms with Crippen LogP contribution in [0.4, 0.5) is 10.1 Å². The van der Waals surface area contributed by atoms with E-state index < -0.39 is 5.54 Å². The summed E-state index contributed by atoms with van der Waals surface area (Å²) in [6.45, 7) is 6.32. The maximum atomic E-state index is 14.6. The van der Waals surface area contributed by atoms with Crippen molar-refractivity contribution in [3.8, 4) is 0 Å². The molecule has 0 saturated carbocycles. The molecule has 0 radical (unpaired) electrons. The Morgan fingerprint density at radius 3 is 2.34 bits per heavy atom. The van der Waals surface area contributed by atoms with E-state index in [1.807, 2.05) is 12.1 Å². The van der Waals surface area contributed by atoms with Crippen molar-refractivity contribution < 1.29 is 9.18 Å². The molecule has 0 unspecified atom stereocenters. The number of anilines is 1. The molecule has 5 heteroatoms. The molecule has 1 N–H and O–H groups in total. The van der Waals surface area contributed by atoms with Crippen LogP contribution in [0.5, 0.6) is 0 Å².